The lowest BCUT2D eigenvalue weighted by Gasteiger charge is -2.41. The number of hydrogen-bond acceptors (Lipinski definition) is 3. The summed E-state index contributed by atoms with van der Waals surface area (Å²) < 4.78 is 0. The molecule has 0 spiro atoms. The van der Waals surface area contributed by atoms with Crippen molar-refractivity contribution in [1.82, 2.24) is 19.9 Å². The third kappa shape index (κ3) is 2.94. The number of hydroxylamine groups is 2. The van der Waals surface area contributed by atoms with Gasteiger partial charge in [0.05, 0.1) is 18.7 Å². The number of rotatable bonds is 4. The molecule has 1 aromatic rings. The topological polar surface area (TPSA) is 61.5 Å². The number of hydrogen-bond donors (Lipinski definition) is 1. The molecule has 1 aromatic heterocycles. The van der Waals surface area contributed by atoms with Crippen LogP contribution < -0.4 is 0 Å². The Kier molecular flexibility index (Phi) is 5.02. The predicted molar refractivity (Wildman–Crippen MR) is 99.1 cm³/mol. The van der Waals surface area contributed by atoms with Crippen molar-refractivity contribution in [3.63, 3.8) is 0 Å². The van der Waals surface area contributed by atoms with Gasteiger partial charge in [0.25, 0.3) is 0 Å². The Morgan fingerprint density at radius 2 is 2.08 bits per heavy atom. The van der Waals surface area contributed by atoms with Crippen molar-refractivity contribution >= 4 is 6.03 Å². The standard InChI is InChI=1S/C20H30N4O2/c1-3-12-26-24-17-13-23(20(24)25)18(19-21-10-11-22-19)14(2)15-8-6-4-5-7-9-16(15)17/h3,10-11,14-18H,1,4-9,12-13H2,2H3,(H,21,22)/t14-,15?,16?,17+,18+/m1/s1. The molecule has 2 saturated heterocycles. The van der Waals surface area contributed by atoms with Gasteiger partial charge in [-0.2, -0.15) is 5.06 Å². The number of fused-ring (bicyclic) bond motifs is 4. The highest BCUT2D eigenvalue weighted by molar-refractivity contribution is 5.77. The Hall–Kier alpha value is -1.82. The second-order valence-corrected chi connectivity index (χ2v) is 8.01. The first kappa shape index (κ1) is 17.6. The SMILES string of the molecule is C=CCON1C(=O)N2C[C@H]1C1CCCCCCC1[C@@H](C)[C@H]2c1ncc[nH]1. The zero-order chi connectivity index (χ0) is 18.1. The van der Waals surface area contributed by atoms with Crippen LogP contribution in [0, 0.1) is 17.8 Å². The Morgan fingerprint density at radius 1 is 1.31 bits per heavy atom. The first-order valence-corrected chi connectivity index (χ1v) is 10.0. The molecule has 1 N–H and O–H groups in total. The highest BCUT2D eigenvalue weighted by Gasteiger charge is 2.54. The van der Waals surface area contributed by atoms with Crippen molar-refractivity contribution in [2.24, 2.45) is 17.8 Å². The molecule has 2 aliphatic heterocycles. The lowest BCUT2D eigenvalue weighted by molar-refractivity contribution is -0.140. The molecule has 26 heavy (non-hydrogen) atoms. The minimum atomic E-state index is -0.0226. The molecule has 6 heteroatoms. The van der Waals surface area contributed by atoms with Crippen molar-refractivity contribution in [3.8, 4) is 0 Å². The van der Waals surface area contributed by atoms with E-state index in [0.29, 0.717) is 24.4 Å². The van der Waals surface area contributed by atoms with Crippen LogP contribution in [0.15, 0.2) is 25.0 Å². The Balaban J connectivity index is 1.72. The number of nitrogens with zero attached hydrogens (tertiary/aromatic N) is 3. The van der Waals surface area contributed by atoms with Gasteiger partial charge in [0, 0.05) is 18.9 Å². The molecule has 1 saturated carbocycles. The maximum atomic E-state index is 13.2. The summed E-state index contributed by atoms with van der Waals surface area (Å²) in [7, 11) is 0. The quantitative estimate of drug-likeness (QED) is 0.830. The number of aromatic nitrogens is 2. The molecule has 1 aliphatic carbocycles. The van der Waals surface area contributed by atoms with Crippen LogP contribution in [0.1, 0.15) is 57.3 Å². The van der Waals surface area contributed by atoms with Gasteiger partial charge >= 0.3 is 6.03 Å². The van der Waals surface area contributed by atoms with E-state index in [1.54, 1.807) is 17.3 Å². The van der Waals surface area contributed by atoms with Gasteiger partial charge in [-0.1, -0.05) is 38.7 Å². The predicted octanol–water partition coefficient (Wildman–Crippen LogP) is 3.91. The molecule has 3 fully saturated rings. The number of carbonyl (C=O) groups excluding carboxylic acids is 1. The van der Waals surface area contributed by atoms with E-state index in [1.165, 1.54) is 38.5 Å². The van der Waals surface area contributed by atoms with Crippen molar-refractivity contribution in [2.45, 2.75) is 57.5 Å². The number of amides is 2. The van der Waals surface area contributed by atoms with E-state index in [1.807, 2.05) is 11.1 Å². The number of nitrogens with one attached hydrogen (secondary N) is 1. The van der Waals surface area contributed by atoms with Gasteiger partial charge in [0.2, 0.25) is 0 Å². The van der Waals surface area contributed by atoms with Crippen molar-refractivity contribution < 1.29 is 9.63 Å². The molecule has 3 aliphatic rings. The van der Waals surface area contributed by atoms with E-state index in [0.717, 1.165) is 12.4 Å². The minimum Gasteiger partial charge on any atom is -0.347 e. The van der Waals surface area contributed by atoms with Crippen molar-refractivity contribution in [3.05, 3.63) is 30.9 Å². The molecule has 4 rings (SSSR count). The molecular formula is C20H30N4O2. The zero-order valence-corrected chi connectivity index (χ0v) is 15.6. The average Bonchev–Trinajstić information content (AvgIpc) is 3.21. The van der Waals surface area contributed by atoms with Crippen LogP contribution in [0.3, 0.4) is 0 Å². The van der Waals surface area contributed by atoms with Crippen LogP contribution in [0.2, 0.25) is 0 Å². The van der Waals surface area contributed by atoms with Crippen LogP contribution in [-0.2, 0) is 4.84 Å². The number of aromatic amines is 1. The number of H-pyrrole nitrogens is 1. The Bertz CT molecular complexity index is 632. The summed E-state index contributed by atoms with van der Waals surface area (Å²) in [6.45, 7) is 7.15. The summed E-state index contributed by atoms with van der Waals surface area (Å²) in [6, 6.07) is 0.102. The summed E-state index contributed by atoms with van der Waals surface area (Å²) in [5.41, 5.74) is 0. The van der Waals surface area contributed by atoms with Crippen LogP contribution >= 0.6 is 0 Å². The van der Waals surface area contributed by atoms with E-state index in [2.05, 4.69) is 23.5 Å². The third-order valence-corrected chi connectivity index (χ3v) is 6.63. The maximum Gasteiger partial charge on any atom is 0.344 e. The zero-order valence-electron chi connectivity index (χ0n) is 15.6. The van der Waals surface area contributed by atoms with E-state index < -0.39 is 0 Å². The van der Waals surface area contributed by atoms with Gasteiger partial charge in [-0.3, -0.25) is 4.84 Å². The molecule has 0 aromatic carbocycles. The number of urea groups is 1. The van der Waals surface area contributed by atoms with Gasteiger partial charge < -0.3 is 9.88 Å². The normalized spacial score (nSPS) is 34.8. The third-order valence-electron chi connectivity index (χ3n) is 6.63. The molecule has 6 nitrogen and oxygen atoms in total. The molecule has 2 amide bonds. The second-order valence-electron chi connectivity index (χ2n) is 8.01. The first-order valence-electron chi connectivity index (χ1n) is 10.0. The molecule has 2 bridgehead atoms. The van der Waals surface area contributed by atoms with E-state index in [-0.39, 0.29) is 18.1 Å². The van der Waals surface area contributed by atoms with Crippen molar-refractivity contribution in [2.75, 3.05) is 13.2 Å². The molecular weight excluding hydrogens is 328 g/mol. The van der Waals surface area contributed by atoms with Crippen LogP contribution in [-0.4, -0.2) is 45.2 Å². The number of imidazole rings is 1. The van der Waals surface area contributed by atoms with Crippen LogP contribution in [0.5, 0.6) is 0 Å². The highest BCUT2D eigenvalue weighted by Crippen LogP contribution is 2.49. The number of carbonyl (C=O) groups is 1. The largest absolute Gasteiger partial charge is 0.347 e. The van der Waals surface area contributed by atoms with Gasteiger partial charge in [0.15, 0.2) is 0 Å². The molecule has 2 unspecified atom stereocenters. The summed E-state index contributed by atoms with van der Waals surface area (Å²) in [4.78, 5) is 28.8. The van der Waals surface area contributed by atoms with Crippen molar-refractivity contribution in [1.29, 1.82) is 0 Å². The molecule has 5 atom stereocenters. The monoisotopic (exact) mass is 358 g/mol. The van der Waals surface area contributed by atoms with E-state index >= 15 is 0 Å². The van der Waals surface area contributed by atoms with Gasteiger partial charge in [-0.05, 0) is 30.6 Å². The van der Waals surface area contributed by atoms with Crippen LogP contribution in [0.4, 0.5) is 4.79 Å². The maximum absolute atomic E-state index is 13.2. The Labute approximate surface area is 155 Å². The smallest absolute Gasteiger partial charge is 0.344 e. The minimum absolute atomic E-state index is 0.00763. The fourth-order valence-corrected chi connectivity index (χ4v) is 5.47. The molecule has 142 valence electrons. The summed E-state index contributed by atoms with van der Waals surface area (Å²) >= 11 is 0. The van der Waals surface area contributed by atoms with Gasteiger partial charge in [-0.25, -0.2) is 9.78 Å². The first-order chi connectivity index (χ1) is 12.7. The lowest BCUT2D eigenvalue weighted by Crippen LogP contribution is -2.46. The van der Waals surface area contributed by atoms with Gasteiger partial charge in [0.1, 0.15) is 5.82 Å². The second kappa shape index (κ2) is 7.43. The average molecular weight is 358 g/mol. The lowest BCUT2D eigenvalue weighted by atomic mass is 9.70. The highest BCUT2D eigenvalue weighted by atomic mass is 16.7. The Morgan fingerprint density at radius 3 is 2.77 bits per heavy atom. The van der Waals surface area contributed by atoms with Gasteiger partial charge in [-0.15, -0.1) is 6.58 Å². The summed E-state index contributed by atoms with van der Waals surface area (Å²) in [5, 5.41) is 1.66. The molecule has 3 heterocycles. The van der Waals surface area contributed by atoms with Crippen LogP contribution in [0.25, 0.3) is 0 Å². The fourth-order valence-electron chi connectivity index (χ4n) is 5.47. The fraction of sp³-hybridized carbons (Fsp3) is 0.700. The van der Waals surface area contributed by atoms with E-state index in [4.69, 9.17) is 4.84 Å². The molecule has 0 radical (unpaired) electrons. The summed E-state index contributed by atoms with van der Waals surface area (Å²) in [5.74, 6) is 2.37. The summed E-state index contributed by atoms with van der Waals surface area (Å²) in [6.07, 6.45) is 12.9. The van der Waals surface area contributed by atoms with E-state index in [9.17, 15) is 4.79 Å².